The Labute approximate surface area is 148 Å². The van der Waals surface area contributed by atoms with Crippen LogP contribution in [-0.4, -0.2) is 31.7 Å². The number of rotatable bonds is 5. The number of ether oxygens (including phenoxy) is 2. The second-order valence-electron chi connectivity index (χ2n) is 6.30. The summed E-state index contributed by atoms with van der Waals surface area (Å²) in [5, 5.41) is 6.25. The predicted octanol–water partition coefficient (Wildman–Crippen LogP) is 3.41. The van der Waals surface area contributed by atoms with Crippen LogP contribution in [0.1, 0.15) is 17.5 Å². The van der Waals surface area contributed by atoms with Crippen molar-refractivity contribution >= 4 is 11.6 Å². The average molecular weight is 340 g/mol. The highest BCUT2D eigenvalue weighted by molar-refractivity contribution is 5.92. The lowest BCUT2D eigenvalue weighted by Gasteiger charge is -2.23. The third-order valence-corrected chi connectivity index (χ3v) is 4.21. The Balaban J connectivity index is 1.71. The lowest BCUT2D eigenvalue weighted by molar-refractivity contribution is -0.117. The van der Waals surface area contributed by atoms with E-state index in [9.17, 15) is 4.79 Å². The second-order valence-corrected chi connectivity index (χ2v) is 6.30. The molecule has 1 atom stereocenters. The van der Waals surface area contributed by atoms with E-state index >= 15 is 0 Å². The van der Waals surface area contributed by atoms with Crippen LogP contribution in [0.4, 0.5) is 5.69 Å². The van der Waals surface area contributed by atoms with E-state index in [-0.39, 0.29) is 11.9 Å². The Morgan fingerprint density at radius 2 is 1.96 bits per heavy atom. The minimum Gasteiger partial charge on any atom is -0.455 e. The van der Waals surface area contributed by atoms with Crippen molar-refractivity contribution in [2.45, 2.75) is 26.3 Å². The molecule has 1 aliphatic heterocycles. The van der Waals surface area contributed by atoms with E-state index in [0.29, 0.717) is 31.1 Å². The fourth-order valence-electron chi connectivity index (χ4n) is 2.90. The van der Waals surface area contributed by atoms with Crippen LogP contribution in [0, 0.1) is 13.8 Å². The zero-order valence-electron chi connectivity index (χ0n) is 14.7. The predicted molar refractivity (Wildman–Crippen MR) is 98.3 cm³/mol. The first-order chi connectivity index (χ1) is 12.1. The topological polar surface area (TPSA) is 59.6 Å². The molecule has 132 valence electrons. The fourth-order valence-corrected chi connectivity index (χ4v) is 2.90. The van der Waals surface area contributed by atoms with Gasteiger partial charge in [0.1, 0.15) is 5.75 Å². The molecule has 0 bridgehead atoms. The molecule has 0 radical (unpaired) electrons. The number of amides is 1. The summed E-state index contributed by atoms with van der Waals surface area (Å²) in [7, 11) is 0. The molecule has 2 N–H and O–H groups in total. The Kier molecular flexibility index (Phi) is 5.68. The number of nitrogens with one attached hydrogen (secondary N) is 2. The maximum atomic E-state index is 12.4. The van der Waals surface area contributed by atoms with Crippen molar-refractivity contribution in [1.29, 1.82) is 0 Å². The summed E-state index contributed by atoms with van der Waals surface area (Å²) < 4.78 is 11.5. The SMILES string of the molecule is Cc1cccc(C)c1Oc1ccccc1NC(=O)CC1COCCN1. The average Bonchev–Trinajstić information content (AvgIpc) is 2.60. The van der Waals surface area contributed by atoms with Crippen LogP contribution in [0.2, 0.25) is 0 Å². The van der Waals surface area contributed by atoms with E-state index in [1.54, 1.807) is 0 Å². The molecule has 25 heavy (non-hydrogen) atoms. The van der Waals surface area contributed by atoms with Crippen LogP contribution in [0.5, 0.6) is 11.5 Å². The van der Waals surface area contributed by atoms with Gasteiger partial charge >= 0.3 is 0 Å². The van der Waals surface area contributed by atoms with Gasteiger partial charge in [-0.25, -0.2) is 0 Å². The van der Waals surface area contributed by atoms with Crippen molar-refractivity contribution in [3.8, 4) is 11.5 Å². The Morgan fingerprint density at radius 1 is 1.20 bits per heavy atom. The molecule has 0 saturated carbocycles. The van der Waals surface area contributed by atoms with Gasteiger partial charge < -0.3 is 20.1 Å². The van der Waals surface area contributed by atoms with Gasteiger partial charge in [0.15, 0.2) is 5.75 Å². The summed E-state index contributed by atoms with van der Waals surface area (Å²) in [5.74, 6) is 1.41. The molecule has 1 fully saturated rings. The van der Waals surface area contributed by atoms with Gasteiger partial charge in [0, 0.05) is 19.0 Å². The lowest BCUT2D eigenvalue weighted by Crippen LogP contribution is -2.43. The van der Waals surface area contributed by atoms with Gasteiger partial charge in [-0.05, 0) is 37.1 Å². The number of hydrogen-bond donors (Lipinski definition) is 2. The highest BCUT2D eigenvalue weighted by Gasteiger charge is 2.18. The summed E-state index contributed by atoms with van der Waals surface area (Å²) in [6.07, 6.45) is 0.373. The van der Waals surface area contributed by atoms with Crippen molar-refractivity contribution < 1.29 is 14.3 Å². The summed E-state index contributed by atoms with van der Waals surface area (Å²) in [6.45, 7) is 6.07. The molecule has 1 saturated heterocycles. The monoisotopic (exact) mass is 340 g/mol. The molecule has 1 heterocycles. The van der Waals surface area contributed by atoms with Crippen molar-refractivity contribution in [2.75, 3.05) is 25.1 Å². The number of para-hydroxylation sites is 3. The van der Waals surface area contributed by atoms with E-state index in [1.165, 1.54) is 0 Å². The molecule has 0 aromatic heterocycles. The maximum Gasteiger partial charge on any atom is 0.226 e. The zero-order chi connectivity index (χ0) is 17.6. The van der Waals surface area contributed by atoms with Crippen molar-refractivity contribution in [1.82, 2.24) is 5.32 Å². The smallest absolute Gasteiger partial charge is 0.226 e. The van der Waals surface area contributed by atoms with E-state index in [1.807, 2.05) is 56.3 Å². The van der Waals surface area contributed by atoms with Gasteiger partial charge in [-0.15, -0.1) is 0 Å². The first-order valence-electron chi connectivity index (χ1n) is 8.57. The van der Waals surface area contributed by atoms with Gasteiger partial charge in [-0.1, -0.05) is 30.3 Å². The first-order valence-corrected chi connectivity index (χ1v) is 8.57. The maximum absolute atomic E-state index is 12.4. The molecule has 2 aromatic rings. The van der Waals surface area contributed by atoms with Crippen LogP contribution in [-0.2, 0) is 9.53 Å². The second kappa shape index (κ2) is 8.14. The van der Waals surface area contributed by atoms with E-state index in [2.05, 4.69) is 10.6 Å². The summed E-state index contributed by atoms with van der Waals surface area (Å²) >= 11 is 0. The number of benzene rings is 2. The molecule has 2 aromatic carbocycles. The minimum atomic E-state index is -0.0550. The number of morpholine rings is 1. The van der Waals surface area contributed by atoms with E-state index < -0.39 is 0 Å². The third kappa shape index (κ3) is 4.59. The third-order valence-electron chi connectivity index (χ3n) is 4.21. The van der Waals surface area contributed by atoms with Crippen molar-refractivity contribution in [2.24, 2.45) is 0 Å². The van der Waals surface area contributed by atoms with Crippen LogP contribution in [0.25, 0.3) is 0 Å². The minimum absolute atomic E-state index is 0.0550. The van der Waals surface area contributed by atoms with Gasteiger partial charge in [0.05, 0.1) is 18.9 Å². The molecule has 5 nitrogen and oxygen atoms in total. The van der Waals surface area contributed by atoms with Gasteiger partial charge in [-0.2, -0.15) is 0 Å². The Bertz CT molecular complexity index is 719. The van der Waals surface area contributed by atoms with Crippen molar-refractivity contribution in [3.05, 3.63) is 53.6 Å². The van der Waals surface area contributed by atoms with Gasteiger partial charge in [0.2, 0.25) is 5.91 Å². The summed E-state index contributed by atoms with van der Waals surface area (Å²) in [4.78, 5) is 12.4. The van der Waals surface area contributed by atoms with E-state index in [4.69, 9.17) is 9.47 Å². The lowest BCUT2D eigenvalue weighted by atomic mass is 10.1. The molecular weight excluding hydrogens is 316 g/mol. The van der Waals surface area contributed by atoms with Gasteiger partial charge in [0.25, 0.3) is 0 Å². The zero-order valence-corrected chi connectivity index (χ0v) is 14.7. The first kappa shape index (κ1) is 17.5. The molecule has 1 amide bonds. The number of anilines is 1. The van der Waals surface area contributed by atoms with Crippen LogP contribution >= 0.6 is 0 Å². The number of aryl methyl sites for hydroxylation is 2. The molecule has 1 unspecified atom stereocenters. The molecule has 0 spiro atoms. The molecular formula is C20H24N2O3. The quantitative estimate of drug-likeness (QED) is 0.876. The van der Waals surface area contributed by atoms with Crippen LogP contribution in [0.3, 0.4) is 0 Å². The number of carbonyl (C=O) groups excluding carboxylic acids is 1. The molecule has 3 rings (SSSR count). The summed E-state index contributed by atoms with van der Waals surface area (Å²) in [6, 6.07) is 13.6. The Hall–Kier alpha value is -2.37. The largest absolute Gasteiger partial charge is 0.455 e. The number of carbonyl (C=O) groups is 1. The fraction of sp³-hybridized carbons (Fsp3) is 0.350. The number of hydrogen-bond acceptors (Lipinski definition) is 4. The molecule has 5 heteroatoms. The molecule has 1 aliphatic rings. The van der Waals surface area contributed by atoms with E-state index in [0.717, 1.165) is 23.4 Å². The molecule has 0 aliphatic carbocycles. The standard InChI is InChI=1S/C20H24N2O3/c1-14-6-5-7-15(2)20(14)25-18-9-4-3-8-17(18)22-19(23)12-16-13-24-11-10-21-16/h3-9,16,21H,10-13H2,1-2H3,(H,22,23). The highest BCUT2D eigenvalue weighted by atomic mass is 16.5. The normalized spacial score (nSPS) is 17.1. The Morgan fingerprint density at radius 3 is 2.68 bits per heavy atom. The van der Waals surface area contributed by atoms with Crippen LogP contribution in [0.15, 0.2) is 42.5 Å². The summed E-state index contributed by atoms with van der Waals surface area (Å²) in [5.41, 5.74) is 2.79. The van der Waals surface area contributed by atoms with Crippen molar-refractivity contribution in [3.63, 3.8) is 0 Å². The van der Waals surface area contributed by atoms with Crippen LogP contribution < -0.4 is 15.4 Å². The highest BCUT2D eigenvalue weighted by Crippen LogP contribution is 2.33. The van der Waals surface area contributed by atoms with Gasteiger partial charge in [-0.3, -0.25) is 4.79 Å².